The van der Waals surface area contributed by atoms with Crippen LogP contribution in [0.4, 0.5) is 0 Å². The Kier molecular flexibility index (Phi) is 2.34. The van der Waals surface area contributed by atoms with Gasteiger partial charge in [0.25, 0.3) is 0 Å². The van der Waals surface area contributed by atoms with Gasteiger partial charge in [0.05, 0.1) is 10.6 Å². The van der Waals surface area contributed by atoms with Gasteiger partial charge in [0.2, 0.25) is 5.89 Å². The normalized spacial score (nSPS) is 10.9. The highest BCUT2D eigenvalue weighted by Gasteiger charge is 2.12. The first-order chi connectivity index (χ1) is 8.25. The van der Waals surface area contributed by atoms with E-state index in [4.69, 9.17) is 16.0 Å². The van der Waals surface area contributed by atoms with Crippen LogP contribution in [0.15, 0.2) is 40.9 Å². The molecular weight excluding hydrogens is 236 g/mol. The quantitative estimate of drug-likeness (QED) is 0.653. The van der Waals surface area contributed by atoms with E-state index >= 15 is 0 Å². The maximum absolute atomic E-state index is 6.23. The largest absolute Gasteiger partial charge is 0.434 e. The lowest BCUT2D eigenvalue weighted by atomic mass is 10.1. The summed E-state index contributed by atoms with van der Waals surface area (Å²) in [7, 11) is 0. The molecule has 3 nitrogen and oxygen atoms in total. The highest BCUT2D eigenvalue weighted by Crippen LogP contribution is 2.31. The van der Waals surface area contributed by atoms with Crippen molar-refractivity contribution in [1.82, 2.24) is 9.97 Å². The molecule has 17 heavy (non-hydrogen) atoms. The van der Waals surface area contributed by atoms with Crippen molar-refractivity contribution in [3.05, 3.63) is 47.1 Å². The fourth-order valence-corrected chi connectivity index (χ4v) is 1.90. The summed E-state index contributed by atoms with van der Waals surface area (Å²) < 4.78 is 5.63. The SMILES string of the molecule is Cc1cccc(-c2nc3ncccc3o2)c1Cl. The Bertz CT molecular complexity index is 658. The van der Waals surface area contributed by atoms with E-state index in [1.165, 1.54) is 0 Å². The van der Waals surface area contributed by atoms with Crippen LogP contribution in [0.2, 0.25) is 5.02 Å². The standard InChI is InChI=1S/C13H9ClN2O/c1-8-4-2-5-9(11(8)14)13-16-12-10(17-13)6-3-7-15-12/h2-7H,1H3. The number of fused-ring (bicyclic) bond motifs is 1. The molecule has 2 heterocycles. The van der Waals surface area contributed by atoms with Crippen LogP contribution < -0.4 is 0 Å². The second kappa shape index (κ2) is 3.86. The van der Waals surface area contributed by atoms with E-state index < -0.39 is 0 Å². The molecule has 3 rings (SSSR count). The number of benzene rings is 1. The van der Waals surface area contributed by atoms with Crippen LogP contribution in [-0.4, -0.2) is 9.97 Å². The molecule has 1 aromatic carbocycles. The highest BCUT2D eigenvalue weighted by atomic mass is 35.5. The average molecular weight is 245 g/mol. The molecule has 4 heteroatoms. The lowest BCUT2D eigenvalue weighted by Gasteiger charge is -2.01. The Labute approximate surface area is 103 Å². The zero-order valence-corrected chi connectivity index (χ0v) is 9.90. The summed E-state index contributed by atoms with van der Waals surface area (Å²) in [4.78, 5) is 8.45. The number of nitrogens with zero attached hydrogens (tertiary/aromatic N) is 2. The van der Waals surface area contributed by atoms with E-state index in [2.05, 4.69) is 9.97 Å². The molecule has 0 N–H and O–H groups in total. The lowest BCUT2D eigenvalue weighted by molar-refractivity contribution is 0.619. The molecule has 0 aliphatic heterocycles. The molecule has 0 saturated carbocycles. The number of aryl methyl sites for hydroxylation is 1. The number of hydrogen-bond acceptors (Lipinski definition) is 3. The number of pyridine rings is 1. The Morgan fingerprint density at radius 1 is 1.18 bits per heavy atom. The van der Waals surface area contributed by atoms with Crippen molar-refractivity contribution >= 4 is 22.8 Å². The average Bonchev–Trinajstić information content (AvgIpc) is 2.76. The summed E-state index contributed by atoms with van der Waals surface area (Å²) in [6, 6.07) is 9.42. The summed E-state index contributed by atoms with van der Waals surface area (Å²) in [6.45, 7) is 1.95. The first-order valence-electron chi connectivity index (χ1n) is 5.23. The summed E-state index contributed by atoms with van der Waals surface area (Å²) in [5, 5.41) is 0.666. The van der Waals surface area contributed by atoms with Crippen LogP contribution in [0, 0.1) is 6.92 Å². The van der Waals surface area contributed by atoms with Crippen molar-refractivity contribution in [2.24, 2.45) is 0 Å². The van der Waals surface area contributed by atoms with Gasteiger partial charge in [0.15, 0.2) is 11.2 Å². The lowest BCUT2D eigenvalue weighted by Crippen LogP contribution is -1.82. The van der Waals surface area contributed by atoms with Gasteiger partial charge in [-0.15, -0.1) is 0 Å². The molecule has 0 amide bonds. The number of halogens is 1. The number of rotatable bonds is 1. The molecule has 3 aromatic rings. The minimum Gasteiger partial charge on any atom is -0.434 e. The molecule has 84 valence electrons. The van der Waals surface area contributed by atoms with Crippen molar-refractivity contribution in [2.45, 2.75) is 6.92 Å². The Morgan fingerprint density at radius 3 is 2.88 bits per heavy atom. The first kappa shape index (κ1) is 10.3. The van der Waals surface area contributed by atoms with Crippen LogP contribution in [0.25, 0.3) is 22.7 Å². The van der Waals surface area contributed by atoms with Crippen molar-refractivity contribution in [3.8, 4) is 11.5 Å². The van der Waals surface area contributed by atoms with Crippen LogP contribution in [0.5, 0.6) is 0 Å². The monoisotopic (exact) mass is 244 g/mol. The molecule has 0 aliphatic rings. The summed E-state index contributed by atoms with van der Waals surface area (Å²) in [6.07, 6.45) is 1.69. The molecule has 0 spiro atoms. The molecule has 2 aromatic heterocycles. The molecule has 0 radical (unpaired) electrons. The molecule has 0 atom stereocenters. The first-order valence-corrected chi connectivity index (χ1v) is 5.60. The van der Waals surface area contributed by atoms with E-state index in [9.17, 15) is 0 Å². The van der Waals surface area contributed by atoms with Crippen LogP contribution in [-0.2, 0) is 0 Å². The van der Waals surface area contributed by atoms with Gasteiger partial charge in [-0.1, -0.05) is 23.7 Å². The van der Waals surface area contributed by atoms with Gasteiger partial charge in [-0.05, 0) is 30.7 Å². The third kappa shape index (κ3) is 1.68. The third-order valence-electron chi connectivity index (χ3n) is 2.59. The molecule has 0 fully saturated rings. The predicted octanol–water partition coefficient (Wildman–Crippen LogP) is 3.85. The fourth-order valence-electron chi connectivity index (χ4n) is 1.70. The summed E-state index contributed by atoms with van der Waals surface area (Å²) in [5.41, 5.74) is 3.06. The summed E-state index contributed by atoms with van der Waals surface area (Å²) in [5.74, 6) is 0.507. The van der Waals surface area contributed by atoms with Crippen molar-refractivity contribution in [1.29, 1.82) is 0 Å². The second-order valence-corrected chi connectivity index (χ2v) is 4.16. The van der Waals surface area contributed by atoms with Crippen LogP contribution in [0.3, 0.4) is 0 Å². The molecular formula is C13H9ClN2O. The smallest absolute Gasteiger partial charge is 0.230 e. The maximum atomic E-state index is 6.23. The minimum atomic E-state index is 0.507. The Morgan fingerprint density at radius 2 is 2.06 bits per heavy atom. The molecule has 0 unspecified atom stereocenters. The zero-order chi connectivity index (χ0) is 11.8. The maximum Gasteiger partial charge on any atom is 0.230 e. The third-order valence-corrected chi connectivity index (χ3v) is 3.09. The van der Waals surface area contributed by atoms with Gasteiger partial charge in [0, 0.05) is 6.20 Å². The van der Waals surface area contributed by atoms with Crippen molar-refractivity contribution < 1.29 is 4.42 Å². The van der Waals surface area contributed by atoms with E-state index in [0.29, 0.717) is 22.1 Å². The fraction of sp³-hybridized carbons (Fsp3) is 0.0769. The van der Waals surface area contributed by atoms with Crippen molar-refractivity contribution in [3.63, 3.8) is 0 Å². The number of oxazole rings is 1. The molecule has 0 saturated heterocycles. The van der Waals surface area contributed by atoms with Crippen LogP contribution >= 0.6 is 11.6 Å². The van der Waals surface area contributed by atoms with E-state index in [1.807, 2.05) is 37.3 Å². The summed E-state index contributed by atoms with van der Waals surface area (Å²) >= 11 is 6.23. The topological polar surface area (TPSA) is 38.9 Å². The predicted molar refractivity (Wildman–Crippen MR) is 67.0 cm³/mol. The highest BCUT2D eigenvalue weighted by molar-refractivity contribution is 6.33. The minimum absolute atomic E-state index is 0.507. The van der Waals surface area contributed by atoms with Crippen LogP contribution in [0.1, 0.15) is 5.56 Å². The second-order valence-electron chi connectivity index (χ2n) is 3.78. The van der Waals surface area contributed by atoms with E-state index in [1.54, 1.807) is 6.20 Å². The number of hydrogen-bond donors (Lipinski definition) is 0. The van der Waals surface area contributed by atoms with Gasteiger partial charge >= 0.3 is 0 Å². The Hall–Kier alpha value is -1.87. The Balaban J connectivity index is 2.24. The van der Waals surface area contributed by atoms with E-state index in [-0.39, 0.29) is 0 Å². The van der Waals surface area contributed by atoms with E-state index in [0.717, 1.165) is 11.1 Å². The zero-order valence-electron chi connectivity index (χ0n) is 9.14. The van der Waals surface area contributed by atoms with Crippen molar-refractivity contribution in [2.75, 3.05) is 0 Å². The van der Waals surface area contributed by atoms with Gasteiger partial charge in [-0.2, -0.15) is 4.98 Å². The van der Waals surface area contributed by atoms with Gasteiger partial charge in [-0.25, -0.2) is 4.98 Å². The van der Waals surface area contributed by atoms with Gasteiger partial charge < -0.3 is 4.42 Å². The molecule has 0 bridgehead atoms. The van der Waals surface area contributed by atoms with Gasteiger partial charge in [0.1, 0.15) is 0 Å². The molecule has 0 aliphatic carbocycles. The van der Waals surface area contributed by atoms with Gasteiger partial charge in [-0.3, -0.25) is 0 Å². The number of aromatic nitrogens is 2.